The molecule has 1 aliphatic heterocycles. The number of aryl methyl sites for hydroxylation is 1. The Kier molecular flexibility index (Phi) is 4.00. The Labute approximate surface area is 162 Å². The molecule has 0 saturated heterocycles. The lowest BCUT2D eigenvalue weighted by Crippen LogP contribution is -2.09. The summed E-state index contributed by atoms with van der Waals surface area (Å²) in [6, 6.07) is 9.91. The molecule has 3 heterocycles. The van der Waals surface area contributed by atoms with Crippen LogP contribution in [-0.4, -0.2) is 32.7 Å². The quantitative estimate of drug-likeness (QED) is 0.586. The van der Waals surface area contributed by atoms with E-state index < -0.39 is 0 Å². The lowest BCUT2D eigenvalue weighted by molar-refractivity contribution is 0.294. The maximum atomic E-state index is 6.04. The van der Waals surface area contributed by atoms with Crippen LogP contribution in [0.1, 0.15) is 19.8 Å². The van der Waals surface area contributed by atoms with Crippen molar-refractivity contribution in [1.82, 2.24) is 19.5 Å². The van der Waals surface area contributed by atoms with E-state index in [0.29, 0.717) is 19.0 Å². The molecule has 0 fully saturated rings. The molecule has 0 bridgehead atoms. The highest BCUT2D eigenvalue weighted by molar-refractivity contribution is 5.89. The van der Waals surface area contributed by atoms with Crippen LogP contribution < -0.4 is 15.2 Å². The third-order valence-corrected chi connectivity index (χ3v) is 4.94. The zero-order valence-corrected chi connectivity index (χ0v) is 15.7. The number of aromatic nitrogens is 4. The number of nitrogens with zero attached hydrogens (tertiary/aromatic N) is 4. The van der Waals surface area contributed by atoms with Crippen LogP contribution in [0.3, 0.4) is 0 Å². The third kappa shape index (κ3) is 2.79. The maximum absolute atomic E-state index is 6.04. The molecule has 0 aliphatic carbocycles. The number of nitrogen functional groups attached to an aromatic ring is 1. The fourth-order valence-electron chi connectivity index (χ4n) is 3.72. The molecule has 0 unspecified atom stereocenters. The minimum atomic E-state index is 0.417. The fraction of sp³-hybridized carbons (Fsp3) is 0.286. The Morgan fingerprint density at radius 3 is 2.93 bits per heavy atom. The van der Waals surface area contributed by atoms with E-state index >= 15 is 0 Å². The standard InChI is InChI=1S/C21H21N5O2/c1-2-27-14-10-17-20-18(11-14)28-8-4-3-7-26(20)21(25-17)13-5-6-15-16(9-13)23-12-19(22)24-15/h5-6,9-12H,2-4,7-8H2,1H3,(H2,22,24). The van der Waals surface area contributed by atoms with Crippen LogP contribution in [0.2, 0.25) is 0 Å². The van der Waals surface area contributed by atoms with E-state index in [2.05, 4.69) is 14.5 Å². The van der Waals surface area contributed by atoms with E-state index in [9.17, 15) is 0 Å². The minimum Gasteiger partial charge on any atom is -0.494 e. The van der Waals surface area contributed by atoms with Crippen molar-refractivity contribution in [3.8, 4) is 22.9 Å². The van der Waals surface area contributed by atoms with Crippen LogP contribution in [-0.2, 0) is 6.54 Å². The second-order valence-electron chi connectivity index (χ2n) is 6.86. The summed E-state index contributed by atoms with van der Waals surface area (Å²) in [6.45, 7) is 4.17. The molecule has 7 heteroatoms. The summed E-state index contributed by atoms with van der Waals surface area (Å²) >= 11 is 0. The minimum absolute atomic E-state index is 0.417. The zero-order chi connectivity index (χ0) is 19.1. The van der Waals surface area contributed by atoms with Crippen molar-refractivity contribution >= 4 is 27.9 Å². The molecule has 0 saturated carbocycles. The number of anilines is 1. The third-order valence-electron chi connectivity index (χ3n) is 4.94. The van der Waals surface area contributed by atoms with Crippen LogP contribution in [0.25, 0.3) is 33.5 Å². The van der Waals surface area contributed by atoms with E-state index in [1.807, 2.05) is 37.3 Å². The topological polar surface area (TPSA) is 88.1 Å². The average Bonchev–Trinajstić information content (AvgIpc) is 3.03. The van der Waals surface area contributed by atoms with E-state index in [1.54, 1.807) is 6.20 Å². The Morgan fingerprint density at radius 2 is 2.04 bits per heavy atom. The highest BCUT2D eigenvalue weighted by atomic mass is 16.5. The van der Waals surface area contributed by atoms with Gasteiger partial charge in [0.25, 0.3) is 0 Å². The molecular formula is C21H21N5O2. The summed E-state index contributed by atoms with van der Waals surface area (Å²) in [5, 5.41) is 0. The van der Waals surface area contributed by atoms with Gasteiger partial charge in [-0.3, -0.25) is 4.98 Å². The van der Waals surface area contributed by atoms with Gasteiger partial charge in [0.1, 0.15) is 28.7 Å². The number of rotatable bonds is 3. The molecule has 2 N–H and O–H groups in total. The molecule has 5 rings (SSSR count). The van der Waals surface area contributed by atoms with Gasteiger partial charge in [0.05, 0.1) is 36.0 Å². The monoisotopic (exact) mass is 375 g/mol. The average molecular weight is 375 g/mol. The highest BCUT2D eigenvalue weighted by Crippen LogP contribution is 2.36. The van der Waals surface area contributed by atoms with Crippen molar-refractivity contribution in [3.05, 3.63) is 36.5 Å². The molecule has 1 aliphatic rings. The first-order valence-corrected chi connectivity index (χ1v) is 9.55. The van der Waals surface area contributed by atoms with Gasteiger partial charge in [-0.25, -0.2) is 9.97 Å². The van der Waals surface area contributed by atoms with Gasteiger partial charge in [0, 0.05) is 24.2 Å². The highest BCUT2D eigenvalue weighted by Gasteiger charge is 2.20. The molecule has 0 radical (unpaired) electrons. The molecule has 2 aromatic heterocycles. The lowest BCUT2D eigenvalue weighted by atomic mass is 10.1. The Balaban J connectivity index is 1.73. The summed E-state index contributed by atoms with van der Waals surface area (Å²) in [6.07, 6.45) is 3.61. The van der Waals surface area contributed by atoms with Gasteiger partial charge in [-0.1, -0.05) is 0 Å². The van der Waals surface area contributed by atoms with Crippen molar-refractivity contribution in [2.24, 2.45) is 0 Å². The Morgan fingerprint density at radius 1 is 1.11 bits per heavy atom. The van der Waals surface area contributed by atoms with E-state index in [-0.39, 0.29) is 0 Å². The van der Waals surface area contributed by atoms with Crippen LogP contribution in [0.5, 0.6) is 11.5 Å². The summed E-state index contributed by atoms with van der Waals surface area (Å²) in [5.41, 5.74) is 10.2. The van der Waals surface area contributed by atoms with Crippen molar-refractivity contribution in [3.63, 3.8) is 0 Å². The van der Waals surface area contributed by atoms with Gasteiger partial charge < -0.3 is 19.8 Å². The van der Waals surface area contributed by atoms with E-state index in [4.69, 9.17) is 20.2 Å². The number of benzene rings is 2. The first kappa shape index (κ1) is 16.8. The second-order valence-corrected chi connectivity index (χ2v) is 6.86. The molecule has 0 spiro atoms. The van der Waals surface area contributed by atoms with Gasteiger partial charge >= 0.3 is 0 Å². The van der Waals surface area contributed by atoms with Crippen molar-refractivity contribution < 1.29 is 9.47 Å². The van der Waals surface area contributed by atoms with Crippen LogP contribution >= 0.6 is 0 Å². The predicted octanol–water partition coefficient (Wildman–Crippen LogP) is 3.80. The second kappa shape index (κ2) is 6.67. The van der Waals surface area contributed by atoms with Gasteiger partial charge in [0.2, 0.25) is 0 Å². The van der Waals surface area contributed by atoms with Gasteiger partial charge in [0.15, 0.2) is 0 Å². The molecule has 7 nitrogen and oxygen atoms in total. The van der Waals surface area contributed by atoms with Crippen molar-refractivity contribution in [2.75, 3.05) is 18.9 Å². The number of imidazole rings is 1. The Hall–Kier alpha value is -3.35. The molecule has 28 heavy (non-hydrogen) atoms. The summed E-state index contributed by atoms with van der Waals surface area (Å²) in [4.78, 5) is 13.7. The summed E-state index contributed by atoms with van der Waals surface area (Å²) in [5.74, 6) is 2.92. The lowest BCUT2D eigenvalue weighted by Gasteiger charge is -2.17. The summed E-state index contributed by atoms with van der Waals surface area (Å²) < 4.78 is 14.0. The van der Waals surface area contributed by atoms with Crippen LogP contribution in [0.15, 0.2) is 36.5 Å². The normalized spacial score (nSPS) is 13.9. The zero-order valence-electron chi connectivity index (χ0n) is 15.7. The smallest absolute Gasteiger partial charge is 0.148 e. The van der Waals surface area contributed by atoms with Crippen molar-refractivity contribution in [2.45, 2.75) is 26.3 Å². The van der Waals surface area contributed by atoms with E-state index in [1.165, 1.54) is 0 Å². The molecule has 0 atom stereocenters. The van der Waals surface area contributed by atoms with Gasteiger partial charge in [-0.05, 0) is 38.0 Å². The van der Waals surface area contributed by atoms with Crippen LogP contribution in [0.4, 0.5) is 5.82 Å². The molecule has 2 aromatic carbocycles. The van der Waals surface area contributed by atoms with E-state index in [0.717, 1.165) is 64.3 Å². The first-order valence-electron chi connectivity index (χ1n) is 9.55. The number of hydrogen-bond donors (Lipinski definition) is 1. The number of hydrogen-bond acceptors (Lipinski definition) is 6. The summed E-state index contributed by atoms with van der Waals surface area (Å²) in [7, 11) is 0. The maximum Gasteiger partial charge on any atom is 0.148 e. The van der Waals surface area contributed by atoms with Gasteiger partial charge in [-0.15, -0.1) is 0 Å². The fourth-order valence-corrected chi connectivity index (χ4v) is 3.72. The largest absolute Gasteiger partial charge is 0.494 e. The first-order chi connectivity index (χ1) is 13.7. The number of fused-ring (bicyclic) bond motifs is 1. The van der Waals surface area contributed by atoms with Crippen molar-refractivity contribution in [1.29, 1.82) is 0 Å². The van der Waals surface area contributed by atoms with Gasteiger partial charge in [-0.2, -0.15) is 0 Å². The Bertz CT molecular complexity index is 1180. The molecule has 142 valence electrons. The van der Waals surface area contributed by atoms with Crippen LogP contribution in [0, 0.1) is 0 Å². The molecule has 4 aromatic rings. The molecule has 0 amide bonds. The molecular weight excluding hydrogens is 354 g/mol. The number of ether oxygens (including phenoxy) is 2. The number of nitrogens with two attached hydrogens (primary N) is 1. The predicted molar refractivity (Wildman–Crippen MR) is 109 cm³/mol. The SMILES string of the molecule is CCOc1cc2c3c(c1)nc(-c1ccc4nc(N)cnc4c1)n3CCCCO2.